The van der Waals surface area contributed by atoms with E-state index in [0.29, 0.717) is 47.9 Å². The predicted molar refractivity (Wildman–Crippen MR) is 169 cm³/mol. The lowest BCUT2D eigenvalue weighted by Crippen LogP contribution is -2.10. The molecule has 4 rings (SSSR count). The lowest BCUT2D eigenvalue weighted by molar-refractivity contribution is -0.142. The van der Waals surface area contributed by atoms with Gasteiger partial charge in [-0.2, -0.15) is 26.3 Å². The Balaban J connectivity index is 0.000000304. The van der Waals surface area contributed by atoms with Crippen LogP contribution < -0.4 is 10.6 Å². The monoisotopic (exact) mass is 748 g/mol. The van der Waals surface area contributed by atoms with Crippen molar-refractivity contribution in [3.05, 3.63) is 108 Å². The standard InChI is InChI=1S/C17H19F3N2O2.C13H9F3N2O.CH3I/c1-3-23-16(24-4-2)15-9-8-14(11-21-15)22-13-7-5-6-12(10-13)17(18,19)20;14-13(15,16)9-2-1-3-10(6-9)18-11-4-5-12(8-19)17-7-11;1-2/h5-11,16,22H,3-4H2,1-2H3;1-8,18H;1H3. The van der Waals surface area contributed by atoms with E-state index in [9.17, 15) is 31.1 Å². The summed E-state index contributed by atoms with van der Waals surface area (Å²) in [5, 5.41) is 5.69. The molecule has 2 aromatic heterocycles. The van der Waals surface area contributed by atoms with Gasteiger partial charge in [-0.1, -0.05) is 34.7 Å². The molecule has 2 aromatic carbocycles. The minimum Gasteiger partial charge on any atom is -0.354 e. The Kier molecular flexibility index (Phi) is 15.2. The Morgan fingerprint density at radius 2 is 1.18 bits per heavy atom. The van der Waals surface area contributed by atoms with Crippen molar-refractivity contribution in [2.45, 2.75) is 32.5 Å². The second-order valence-corrected chi connectivity index (χ2v) is 8.71. The Bertz CT molecular complexity index is 1450. The first-order chi connectivity index (χ1) is 21.4. The van der Waals surface area contributed by atoms with E-state index in [1.54, 1.807) is 24.3 Å². The number of hydrogen-bond acceptors (Lipinski definition) is 7. The third-order valence-electron chi connectivity index (χ3n) is 5.53. The van der Waals surface area contributed by atoms with Crippen LogP contribution in [0.1, 0.15) is 47.4 Å². The molecule has 4 aromatic rings. The molecule has 242 valence electrons. The molecule has 45 heavy (non-hydrogen) atoms. The minimum atomic E-state index is -4.38. The molecular weight excluding hydrogens is 717 g/mol. The summed E-state index contributed by atoms with van der Waals surface area (Å²) in [6.45, 7) is 4.68. The van der Waals surface area contributed by atoms with Crippen LogP contribution in [0.15, 0.2) is 85.2 Å². The van der Waals surface area contributed by atoms with Crippen LogP contribution in [0.2, 0.25) is 0 Å². The summed E-state index contributed by atoms with van der Waals surface area (Å²) in [6, 6.07) is 16.3. The molecule has 0 unspecified atom stereocenters. The van der Waals surface area contributed by atoms with Gasteiger partial charge in [0, 0.05) is 24.6 Å². The highest BCUT2D eigenvalue weighted by atomic mass is 127. The highest BCUT2D eigenvalue weighted by Gasteiger charge is 2.31. The number of nitrogens with one attached hydrogen (secondary N) is 2. The van der Waals surface area contributed by atoms with Crippen LogP contribution >= 0.6 is 22.6 Å². The molecule has 0 atom stereocenters. The Labute approximate surface area is 270 Å². The van der Waals surface area contributed by atoms with Crippen LogP contribution in [0, 0.1) is 0 Å². The molecule has 0 aliphatic rings. The van der Waals surface area contributed by atoms with E-state index >= 15 is 0 Å². The van der Waals surface area contributed by atoms with Gasteiger partial charge in [-0.3, -0.25) is 14.8 Å². The SMILES string of the molecule is CCOC(OCC)c1ccc(Nc2cccc(C(F)(F)F)c2)cn1.CI.O=Cc1ccc(Nc2cccc(C(F)(F)F)c2)cn1. The van der Waals surface area contributed by atoms with Crippen LogP contribution in [0.25, 0.3) is 0 Å². The molecule has 2 N–H and O–H groups in total. The topological polar surface area (TPSA) is 85.4 Å². The third kappa shape index (κ3) is 12.6. The molecule has 2 heterocycles. The minimum absolute atomic E-state index is 0.259. The van der Waals surface area contributed by atoms with Gasteiger partial charge in [-0.25, -0.2) is 0 Å². The first-order valence-electron chi connectivity index (χ1n) is 13.3. The Morgan fingerprint density at radius 3 is 1.53 bits per heavy atom. The van der Waals surface area contributed by atoms with Crippen molar-refractivity contribution in [3.8, 4) is 0 Å². The molecular formula is C31H31F6IN4O3. The number of carbonyl (C=O) groups excluding carboxylic acids is 1. The van der Waals surface area contributed by atoms with Gasteiger partial charge in [0.15, 0.2) is 6.29 Å². The number of hydrogen-bond donors (Lipinski definition) is 2. The van der Waals surface area contributed by atoms with E-state index in [2.05, 4.69) is 43.2 Å². The van der Waals surface area contributed by atoms with E-state index < -0.39 is 29.8 Å². The fourth-order valence-corrected chi connectivity index (χ4v) is 3.57. The quantitative estimate of drug-likeness (QED) is 0.0550. The zero-order chi connectivity index (χ0) is 33.5. The Hall–Kier alpha value is -3.76. The van der Waals surface area contributed by atoms with E-state index in [1.807, 2.05) is 18.8 Å². The van der Waals surface area contributed by atoms with Crippen molar-refractivity contribution in [2.24, 2.45) is 0 Å². The summed E-state index contributed by atoms with van der Waals surface area (Å²) < 4.78 is 86.7. The molecule has 0 aliphatic carbocycles. The molecule has 0 fully saturated rings. The van der Waals surface area contributed by atoms with Gasteiger partial charge in [-0.05, 0) is 79.4 Å². The smallest absolute Gasteiger partial charge is 0.354 e. The summed E-state index contributed by atoms with van der Waals surface area (Å²) in [6.07, 6.45) is -5.81. The number of ether oxygens (including phenoxy) is 2. The maximum atomic E-state index is 12.7. The number of aldehydes is 1. The summed E-state index contributed by atoms with van der Waals surface area (Å²) in [4.78, 5) is 20.5. The lowest BCUT2D eigenvalue weighted by Gasteiger charge is -2.16. The summed E-state index contributed by atoms with van der Waals surface area (Å²) in [7, 11) is 0. The van der Waals surface area contributed by atoms with Crippen molar-refractivity contribution in [2.75, 3.05) is 28.8 Å². The van der Waals surface area contributed by atoms with Crippen LogP contribution in [0.4, 0.5) is 49.1 Å². The first kappa shape index (κ1) is 37.4. The highest BCUT2D eigenvalue weighted by Crippen LogP contribution is 2.32. The number of carbonyl (C=O) groups is 1. The van der Waals surface area contributed by atoms with E-state index in [4.69, 9.17) is 9.47 Å². The highest BCUT2D eigenvalue weighted by molar-refractivity contribution is 14.1. The van der Waals surface area contributed by atoms with Crippen molar-refractivity contribution in [3.63, 3.8) is 0 Å². The largest absolute Gasteiger partial charge is 0.416 e. The second kappa shape index (κ2) is 18.3. The van der Waals surface area contributed by atoms with Gasteiger partial charge in [-0.15, -0.1) is 0 Å². The Morgan fingerprint density at radius 1 is 0.711 bits per heavy atom. The summed E-state index contributed by atoms with van der Waals surface area (Å²) in [5.74, 6) is 0. The second-order valence-electron chi connectivity index (χ2n) is 8.71. The van der Waals surface area contributed by atoms with E-state index in [-0.39, 0.29) is 5.69 Å². The number of halogens is 7. The average Bonchev–Trinajstić information content (AvgIpc) is 3.02. The van der Waals surface area contributed by atoms with Crippen molar-refractivity contribution >= 4 is 51.6 Å². The van der Waals surface area contributed by atoms with E-state index in [1.165, 1.54) is 36.7 Å². The number of benzene rings is 2. The first-order valence-corrected chi connectivity index (χ1v) is 15.5. The van der Waals surface area contributed by atoms with Crippen molar-refractivity contribution in [1.82, 2.24) is 9.97 Å². The molecule has 0 spiro atoms. The average molecular weight is 749 g/mol. The van der Waals surface area contributed by atoms with Crippen LogP contribution in [-0.2, 0) is 21.8 Å². The van der Waals surface area contributed by atoms with Crippen LogP contribution in [0.3, 0.4) is 0 Å². The fraction of sp³-hybridized carbons (Fsp3) is 0.258. The lowest BCUT2D eigenvalue weighted by atomic mass is 10.2. The molecule has 0 bridgehead atoms. The van der Waals surface area contributed by atoms with Gasteiger partial charge in [0.05, 0.1) is 40.6 Å². The molecule has 0 radical (unpaired) electrons. The normalized spacial score (nSPS) is 11.1. The molecule has 0 amide bonds. The number of rotatable bonds is 10. The summed E-state index contributed by atoms with van der Waals surface area (Å²) >= 11 is 2.15. The number of anilines is 4. The zero-order valence-electron chi connectivity index (χ0n) is 24.4. The van der Waals surface area contributed by atoms with Crippen molar-refractivity contribution < 1.29 is 40.6 Å². The number of nitrogens with zero attached hydrogens (tertiary/aromatic N) is 2. The zero-order valence-corrected chi connectivity index (χ0v) is 26.6. The van der Waals surface area contributed by atoms with Crippen LogP contribution in [-0.4, -0.2) is 34.4 Å². The van der Waals surface area contributed by atoms with Gasteiger partial charge in [0.25, 0.3) is 0 Å². The molecule has 0 saturated carbocycles. The van der Waals surface area contributed by atoms with Gasteiger partial charge < -0.3 is 20.1 Å². The molecule has 14 heteroatoms. The van der Waals surface area contributed by atoms with Gasteiger partial charge >= 0.3 is 12.4 Å². The maximum Gasteiger partial charge on any atom is 0.416 e. The molecule has 0 aliphatic heterocycles. The van der Waals surface area contributed by atoms with Crippen molar-refractivity contribution in [1.29, 1.82) is 0 Å². The molecule has 0 saturated heterocycles. The van der Waals surface area contributed by atoms with E-state index in [0.717, 1.165) is 24.3 Å². The fourth-order valence-electron chi connectivity index (χ4n) is 3.57. The third-order valence-corrected chi connectivity index (χ3v) is 5.53. The number of alkyl halides is 7. The number of aromatic nitrogens is 2. The summed E-state index contributed by atoms with van der Waals surface area (Å²) in [5.41, 5.74) is 1.15. The predicted octanol–water partition coefficient (Wildman–Crippen LogP) is 9.62. The van der Waals surface area contributed by atoms with Crippen LogP contribution in [0.5, 0.6) is 0 Å². The van der Waals surface area contributed by atoms with Gasteiger partial charge in [0.2, 0.25) is 6.29 Å². The molecule has 7 nitrogen and oxygen atoms in total. The maximum absolute atomic E-state index is 12.7. The van der Waals surface area contributed by atoms with Gasteiger partial charge in [0.1, 0.15) is 5.69 Å². The number of pyridine rings is 2.